The van der Waals surface area contributed by atoms with Gasteiger partial charge in [-0.25, -0.2) is 4.99 Å². The van der Waals surface area contributed by atoms with Gasteiger partial charge >= 0.3 is 0 Å². The van der Waals surface area contributed by atoms with Crippen molar-refractivity contribution in [2.24, 2.45) is 16.3 Å². The molecule has 42 heavy (non-hydrogen) atoms. The molecule has 3 aromatic carbocycles. The predicted octanol–water partition coefficient (Wildman–Crippen LogP) is 9.80. The summed E-state index contributed by atoms with van der Waals surface area (Å²) in [6.45, 7) is 7.22. The first-order valence-corrected chi connectivity index (χ1v) is 15.5. The first kappa shape index (κ1) is 30.1. The zero-order valence-corrected chi connectivity index (χ0v) is 26.5. The zero-order valence-electron chi connectivity index (χ0n) is 24.2. The topological polar surface area (TPSA) is 59.9 Å². The van der Waals surface area contributed by atoms with Gasteiger partial charge in [0.25, 0.3) is 5.91 Å². The molecule has 1 N–H and O–H groups in total. The molecule has 8 heteroatoms. The number of carbonyl (C=O) groups is 1. The molecule has 5 nitrogen and oxygen atoms in total. The maximum Gasteiger partial charge on any atom is 0.259 e. The first-order chi connectivity index (χ1) is 20.1. The normalized spacial score (nSPS) is 15.0. The van der Waals surface area contributed by atoms with E-state index >= 15 is 0 Å². The molecule has 0 unspecified atom stereocenters. The highest BCUT2D eigenvalue weighted by molar-refractivity contribution is 7.16. The highest BCUT2D eigenvalue weighted by Gasteiger charge is 2.33. The molecule has 0 saturated carbocycles. The van der Waals surface area contributed by atoms with E-state index in [0.29, 0.717) is 50.3 Å². The van der Waals surface area contributed by atoms with Crippen LogP contribution in [0.2, 0.25) is 10.0 Å². The highest BCUT2D eigenvalue weighted by atomic mass is 35.5. The van der Waals surface area contributed by atoms with E-state index in [1.54, 1.807) is 55.0 Å². The molecule has 5 rings (SSSR count). The van der Waals surface area contributed by atoms with Crippen molar-refractivity contribution >= 4 is 57.3 Å². The third kappa shape index (κ3) is 7.00. The maximum atomic E-state index is 13.7. The lowest BCUT2D eigenvalue weighted by molar-refractivity contribution is 0.102. The van der Waals surface area contributed by atoms with Gasteiger partial charge in [0.2, 0.25) is 0 Å². The number of aliphatic imine (C=N–C) groups is 1. The Hall–Kier alpha value is -3.32. The van der Waals surface area contributed by atoms with Crippen LogP contribution in [0.5, 0.6) is 11.5 Å². The second-order valence-electron chi connectivity index (χ2n) is 11.5. The molecule has 1 aliphatic rings. The Balaban J connectivity index is 1.45. The van der Waals surface area contributed by atoms with Crippen molar-refractivity contribution in [1.82, 2.24) is 0 Å². The molecular formula is C34H34Cl2N2O3S. The number of carbonyl (C=O) groups excluding carboxylic acids is 1. The quantitative estimate of drug-likeness (QED) is 0.199. The van der Waals surface area contributed by atoms with Crippen molar-refractivity contribution in [3.05, 3.63) is 104 Å². The number of rotatable bonds is 8. The van der Waals surface area contributed by atoms with E-state index < -0.39 is 0 Å². The number of hydrogen-bond acceptors (Lipinski definition) is 5. The summed E-state index contributed by atoms with van der Waals surface area (Å²) in [7, 11) is 1.58. The number of halogens is 2. The summed E-state index contributed by atoms with van der Waals surface area (Å²) in [6.07, 6.45) is 4.55. The number of nitrogens with one attached hydrogen (secondary N) is 1. The van der Waals surface area contributed by atoms with Crippen LogP contribution in [0.25, 0.3) is 0 Å². The van der Waals surface area contributed by atoms with Crippen LogP contribution in [-0.2, 0) is 19.4 Å². The number of hydrogen-bond donors (Lipinski definition) is 1. The fraction of sp³-hybridized carbons (Fsp3) is 0.294. The van der Waals surface area contributed by atoms with Crippen LogP contribution >= 0.6 is 34.5 Å². The zero-order chi connectivity index (χ0) is 29.9. The van der Waals surface area contributed by atoms with Gasteiger partial charge in [-0.15, -0.1) is 11.3 Å². The van der Waals surface area contributed by atoms with Gasteiger partial charge in [-0.2, -0.15) is 0 Å². The Kier molecular flexibility index (Phi) is 9.26. The van der Waals surface area contributed by atoms with Gasteiger partial charge in [0.1, 0.15) is 11.6 Å². The van der Waals surface area contributed by atoms with Crippen LogP contribution in [0, 0.1) is 11.3 Å². The van der Waals surface area contributed by atoms with Crippen LogP contribution in [0.1, 0.15) is 59.1 Å². The standard InChI is InChI=1S/C34H34Cl2N2O3S/c1-34(2,3)23-10-15-26-29(18-23)42-33(30(26)32(39)38-25-13-11-24(35)12-14-25)37-19-22-16-27(36)31(28(17-22)40-4)41-20-21-8-6-5-7-9-21/h5-9,11-14,16-17,19,23H,10,15,18,20H2,1-4H3,(H,38,39)/t23-/m0/s1. The molecule has 1 aromatic heterocycles. The number of amides is 1. The van der Waals surface area contributed by atoms with Gasteiger partial charge < -0.3 is 14.8 Å². The van der Waals surface area contributed by atoms with E-state index in [-0.39, 0.29) is 11.3 Å². The second-order valence-corrected chi connectivity index (χ2v) is 13.4. The Morgan fingerprint density at radius 3 is 2.52 bits per heavy atom. The fourth-order valence-corrected chi connectivity index (χ4v) is 6.85. The van der Waals surface area contributed by atoms with Crippen molar-refractivity contribution in [3.63, 3.8) is 0 Å². The maximum absolute atomic E-state index is 13.7. The molecule has 0 spiro atoms. The highest BCUT2D eigenvalue weighted by Crippen LogP contribution is 2.45. The number of methoxy groups -OCH3 is 1. The van der Waals surface area contributed by atoms with Gasteiger partial charge in [0.05, 0.1) is 17.7 Å². The van der Waals surface area contributed by atoms with Crippen LogP contribution in [-0.4, -0.2) is 19.2 Å². The Bertz CT molecular complexity index is 1590. The van der Waals surface area contributed by atoms with E-state index in [0.717, 1.165) is 36.0 Å². The summed E-state index contributed by atoms with van der Waals surface area (Å²) < 4.78 is 11.6. The van der Waals surface area contributed by atoms with Gasteiger partial charge in [-0.05, 0) is 83.7 Å². The lowest BCUT2D eigenvalue weighted by Gasteiger charge is -2.33. The summed E-state index contributed by atoms with van der Waals surface area (Å²) in [5.41, 5.74) is 4.38. The smallest absolute Gasteiger partial charge is 0.259 e. The molecule has 1 heterocycles. The fourth-order valence-electron chi connectivity index (χ4n) is 5.18. The van der Waals surface area contributed by atoms with Gasteiger partial charge in [-0.1, -0.05) is 74.3 Å². The van der Waals surface area contributed by atoms with Gasteiger partial charge in [-0.3, -0.25) is 4.79 Å². The third-order valence-electron chi connectivity index (χ3n) is 7.61. The lowest BCUT2D eigenvalue weighted by atomic mass is 9.72. The molecule has 0 fully saturated rings. The molecule has 0 radical (unpaired) electrons. The van der Waals surface area contributed by atoms with E-state index in [1.807, 2.05) is 36.4 Å². The van der Waals surface area contributed by atoms with Crippen molar-refractivity contribution in [1.29, 1.82) is 0 Å². The molecular weight excluding hydrogens is 587 g/mol. The molecule has 0 bridgehead atoms. The van der Waals surface area contributed by atoms with Gasteiger partial charge in [0.15, 0.2) is 11.5 Å². The average Bonchev–Trinajstić information content (AvgIpc) is 3.34. The lowest BCUT2D eigenvalue weighted by Crippen LogP contribution is -2.27. The number of ether oxygens (including phenoxy) is 2. The van der Waals surface area contributed by atoms with E-state index in [4.69, 9.17) is 37.7 Å². The Morgan fingerprint density at radius 1 is 1.10 bits per heavy atom. The number of thiophene rings is 1. The van der Waals surface area contributed by atoms with Crippen LogP contribution in [0.3, 0.4) is 0 Å². The van der Waals surface area contributed by atoms with E-state index in [1.165, 1.54) is 4.88 Å². The summed E-state index contributed by atoms with van der Waals surface area (Å²) in [5.74, 6) is 1.36. The minimum atomic E-state index is -0.170. The predicted molar refractivity (Wildman–Crippen MR) is 175 cm³/mol. The first-order valence-electron chi connectivity index (χ1n) is 13.9. The average molecular weight is 622 g/mol. The molecule has 218 valence electrons. The molecule has 0 saturated heterocycles. The summed E-state index contributed by atoms with van der Waals surface area (Å²) in [6, 6.07) is 20.6. The monoisotopic (exact) mass is 620 g/mol. The summed E-state index contributed by atoms with van der Waals surface area (Å²) >= 11 is 14.3. The van der Waals surface area contributed by atoms with E-state index in [9.17, 15) is 4.79 Å². The minimum absolute atomic E-state index is 0.170. The van der Waals surface area contributed by atoms with Crippen molar-refractivity contribution in [3.8, 4) is 11.5 Å². The van der Waals surface area contributed by atoms with Crippen molar-refractivity contribution in [2.45, 2.75) is 46.6 Å². The minimum Gasteiger partial charge on any atom is -0.493 e. The summed E-state index contributed by atoms with van der Waals surface area (Å²) in [5, 5.41) is 4.76. The number of fused-ring (bicyclic) bond motifs is 1. The molecule has 4 aromatic rings. The second kappa shape index (κ2) is 12.9. The molecule has 0 aliphatic heterocycles. The van der Waals surface area contributed by atoms with Crippen LogP contribution in [0.15, 0.2) is 71.7 Å². The molecule has 1 aliphatic carbocycles. The number of anilines is 1. The largest absolute Gasteiger partial charge is 0.493 e. The van der Waals surface area contributed by atoms with Crippen LogP contribution < -0.4 is 14.8 Å². The SMILES string of the molecule is COc1cc(C=Nc2sc3c(c2C(=O)Nc2ccc(Cl)cc2)CC[C@H](C(C)(C)C)C3)cc(Cl)c1OCc1ccccc1. The molecule has 1 atom stereocenters. The van der Waals surface area contributed by atoms with Crippen LogP contribution in [0.4, 0.5) is 10.7 Å². The van der Waals surface area contributed by atoms with E-state index in [2.05, 4.69) is 26.1 Å². The Labute approximate surface area is 261 Å². The van der Waals surface area contributed by atoms with Crippen molar-refractivity contribution < 1.29 is 14.3 Å². The molecule has 1 amide bonds. The third-order valence-corrected chi connectivity index (χ3v) is 9.30. The number of benzene rings is 3. The van der Waals surface area contributed by atoms with Crippen molar-refractivity contribution in [2.75, 3.05) is 12.4 Å². The van der Waals surface area contributed by atoms with Gasteiger partial charge in [0, 0.05) is 21.8 Å². The Morgan fingerprint density at radius 2 is 1.83 bits per heavy atom. The summed E-state index contributed by atoms with van der Waals surface area (Å²) in [4.78, 5) is 19.7. The number of nitrogens with zero attached hydrogens (tertiary/aromatic N) is 1.